The van der Waals surface area contributed by atoms with Gasteiger partial charge in [0.25, 0.3) is 0 Å². The van der Waals surface area contributed by atoms with Crippen molar-refractivity contribution in [2.75, 3.05) is 6.54 Å². The Morgan fingerprint density at radius 2 is 1.32 bits per heavy atom. The van der Waals surface area contributed by atoms with Crippen molar-refractivity contribution >= 4 is 11.7 Å². The molecule has 1 N–H and O–H groups in total. The van der Waals surface area contributed by atoms with Crippen molar-refractivity contribution in [3.63, 3.8) is 0 Å². The van der Waals surface area contributed by atoms with E-state index in [4.69, 9.17) is 0 Å². The highest BCUT2D eigenvalue weighted by Gasteiger charge is 2.01. The fourth-order valence-electron chi connectivity index (χ4n) is 2.06. The van der Waals surface area contributed by atoms with E-state index in [9.17, 15) is 9.59 Å². The summed E-state index contributed by atoms with van der Waals surface area (Å²) in [5.74, 6) is 0.215. The van der Waals surface area contributed by atoms with Crippen molar-refractivity contribution < 1.29 is 9.59 Å². The summed E-state index contributed by atoms with van der Waals surface area (Å²) in [5.41, 5.74) is 0. The molecule has 112 valence electrons. The predicted molar refractivity (Wildman–Crippen MR) is 80.2 cm³/mol. The maximum atomic E-state index is 11.4. The van der Waals surface area contributed by atoms with E-state index in [1.165, 1.54) is 44.9 Å². The molecule has 0 unspecified atom stereocenters. The molecule has 0 saturated carbocycles. The molecule has 19 heavy (non-hydrogen) atoms. The van der Waals surface area contributed by atoms with Crippen molar-refractivity contribution in [1.29, 1.82) is 0 Å². The Morgan fingerprint density at radius 1 is 0.789 bits per heavy atom. The normalized spacial score (nSPS) is 10.4. The first-order valence-electron chi connectivity index (χ1n) is 7.93. The average molecular weight is 269 g/mol. The first kappa shape index (κ1) is 18.1. The molecule has 0 aromatic carbocycles. The second-order valence-corrected chi connectivity index (χ2v) is 5.38. The third-order valence-corrected chi connectivity index (χ3v) is 3.31. The molecule has 0 fully saturated rings. The fourth-order valence-corrected chi connectivity index (χ4v) is 2.06. The third-order valence-electron chi connectivity index (χ3n) is 3.31. The van der Waals surface area contributed by atoms with Gasteiger partial charge in [0.1, 0.15) is 5.78 Å². The predicted octanol–water partition coefficient (Wildman–Crippen LogP) is 4.00. The minimum absolute atomic E-state index is 0.0872. The van der Waals surface area contributed by atoms with Gasteiger partial charge in [0.2, 0.25) is 5.91 Å². The molecule has 1 amide bonds. The quantitative estimate of drug-likeness (QED) is 0.514. The van der Waals surface area contributed by atoms with E-state index in [2.05, 4.69) is 12.2 Å². The lowest BCUT2D eigenvalue weighted by Gasteiger charge is -2.04. The molecule has 3 heteroatoms. The van der Waals surface area contributed by atoms with Crippen LogP contribution in [0.25, 0.3) is 0 Å². The van der Waals surface area contributed by atoms with E-state index in [0.29, 0.717) is 19.4 Å². The van der Waals surface area contributed by atoms with Gasteiger partial charge in [-0.25, -0.2) is 0 Å². The van der Waals surface area contributed by atoms with Crippen LogP contribution in [0.4, 0.5) is 0 Å². The van der Waals surface area contributed by atoms with Gasteiger partial charge in [-0.05, 0) is 13.3 Å². The zero-order chi connectivity index (χ0) is 14.3. The number of carbonyl (C=O) groups excluding carboxylic acids is 2. The molecule has 0 aliphatic heterocycles. The summed E-state index contributed by atoms with van der Waals surface area (Å²) < 4.78 is 0. The van der Waals surface area contributed by atoms with Gasteiger partial charge in [0, 0.05) is 19.4 Å². The van der Waals surface area contributed by atoms with Crippen LogP contribution < -0.4 is 5.32 Å². The molecule has 0 bridgehead atoms. The highest BCUT2D eigenvalue weighted by atomic mass is 16.1. The second kappa shape index (κ2) is 13.6. The molecule has 0 aliphatic carbocycles. The Balaban J connectivity index is 3.16. The van der Waals surface area contributed by atoms with Crippen molar-refractivity contribution in [2.45, 2.75) is 84.5 Å². The first-order chi connectivity index (χ1) is 9.16. The molecular weight excluding hydrogens is 238 g/mol. The topological polar surface area (TPSA) is 46.2 Å². The zero-order valence-electron chi connectivity index (χ0n) is 12.8. The number of amides is 1. The second-order valence-electron chi connectivity index (χ2n) is 5.38. The lowest BCUT2D eigenvalue weighted by Crippen LogP contribution is -2.25. The van der Waals surface area contributed by atoms with E-state index < -0.39 is 0 Å². The van der Waals surface area contributed by atoms with E-state index in [1.54, 1.807) is 6.92 Å². The molecule has 0 atom stereocenters. The number of hydrogen-bond acceptors (Lipinski definition) is 2. The molecule has 0 aromatic heterocycles. The van der Waals surface area contributed by atoms with Crippen LogP contribution in [0.5, 0.6) is 0 Å². The third kappa shape index (κ3) is 15.1. The minimum atomic E-state index is 0.0872. The maximum absolute atomic E-state index is 11.4. The van der Waals surface area contributed by atoms with Crippen LogP contribution in [0.15, 0.2) is 0 Å². The molecule has 0 aromatic rings. The Morgan fingerprint density at radius 3 is 1.84 bits per heavy atom. The van der Waals surface area contributed by atoms with Crippen molar-refractivity contribution in [3.05, 3.63) is 0 Å². The van der Waals surface area contributed by atoms with Crippen molar-refractivity contribution in [2.24, 2.45) is 0 Å². The Bertz CT molecular complexity index is 239. The SMILES string of the molecule is CCCCCCCCCCCC(=O)NCCC(C)=O. The molecule has 3 nitrogen and oxygen atoms in total. The summed E-state index contributed by atoms with van der Waals surface area (Å²) >= 11 is 0. The Hall–Kier alpha value is -0.860. The van der Waals surface area contributed by atoms with Gasteiger partial charge in [0.05, 0.1) is 0 Å². The van der Waals surface area contributed by atoms with Gasteiger partial charge in [0.15, 0.2) is 0 Å². The molecule has 0 aliphatic rings. The molecule has 0 saturated heterocycles. The number of rotatable bonds is 13. The standard InChI is InChI=1S/C16H31NO2/c1-3-4-5-6-7-8-9-10-11-12-16(19)17-14-13-15(2)18/h3-14H2,1-2H3,(H,17,19). The number of Topliss-reactive ketones (excluding diaryl/α,β-unsaturated/α-hetero) is 1. The largest absolute Gasteiger partial charge is 0.356 e. The van der Waals surface area contributed by atoms with E-state index in [-0.39, 0.29) is 11.7 Å². The van der Waals surface area contributed by atoms with Gasteiger partial charge < -0.3 is 5.32 Å². The lowest BCUT2D eigenvalue weighted by atomic mass is 10.1. The van der Waals surface area contributed by atoms with Gasteiger partial charge in [-0.2, -0.15) is 0 Å². The summed E-state index contributed by atoms with van der Waals surface area (Å²) in [6.45, 7) is 4.28. The first-order valence-corrected chi connectivity index (χ1v) is 7.93. The number of hydrogen-bond donors (Lipinski definition) is 1. The van der Waals surface area contributed by atoms with E-state index >= 15 is 0 Å². The number of carbonyl (C=O) groups is 2. The van der Waals surface area contributed by atoms with Crippen LogP contribution in [0.3, 0.4) is 0 Å². The lowest BCUT2D eigenvalue weighted by molar-refractivity contribution is -0.121. The summed E-state index contributed by atoms with van der Waals surface area (Å²) in [4.78, 5) is 22.1. The fraction of sp³-hybridized carbons (Fsp3) is 0.875. The summed E-state index contributed by atoms with van der Waals surface area (Å²) in [6.07, 6.45) is 12.5. The van der Waals surface area contributed by atoms with Crippen LogP contribution in [0, 0.1) is 0 Å². The average Bonchev–Trinajstić information content (AvgIpc) is 2.36. The van der Waals surface area contributed by atoms with Crippen LogP contribution >= 0.6 is 0 Å². The van der Waals surface area contributed by atoms with Crippen LogP contribution in [0.1, 0.15) is 84.5 Å². The van der Waals surface area contributed by atoms with Gasteiger partial charge >= 0.3 is 0 Å². The molecular formula is C16H31NO2. The molecule has 0 radical (unpaired) electrons. The van der Waals surface area contributed by atoms with Crippen LogP contribution in [-0.4, -0.2) is 18.2 Å². The van der Waals surface area contributed by atoms with Crippen LogP contribution in [-0.2, 0) is 9.59 Å². The molecule has 0 rings (SSSR count). The molecule has 0 spiro atoms. The smallest absolute Gasteiger partial charge is 0.220 e. The molecule has 0 heterocycles. The monoisotopic (exact) mass is 269 g/mol. The van der Waals surface area contributed by atoms with Crippen molar-refractivity contribution in [1.82, 2.24) is 5.32 Å². The van der Waals surface area contributed by atoms with Gasteiger partial charge in [-0.15, -0.1) is 0 Å². The highest BCUT2D eigenvalue weighted by molar-refractivity contribution is 5.78. The van der Waals surface area contributed by atoms with E-state index in [0.717, 1.165) is 12.8 Å². The van der Waals surface area contributed by atoms with E-state index in [1.807, 2.05) is 0 Å². The van der Waals surface area contributed by atoms with Gasteiger partial charge in [-0.1, -0.05) is 58.3 Å². The number of ketones is 1. The van der Waals surface area contributed by atoms with Gasteiger partial charge in [-0.3, -0.25) is 9.59 Å². The minimum Gasteiger partial charge on any atom is -0.356 e. The summed E-state index contributed by atoms with van der Waals surface area (Å²) in [5, 5.41) is 2.78. The number of nitrogens with one attached hydrogen (secondary N) is 1. The number of unbranched alkanes of at least 4 members (excludes halogenated alkanes) is 8. The summed E-state index contributed by atoms with van der Waals surface area (Å²) in [6, 6.07) is 0. The highest BCUT2D eigenvalue weighted by Crippen LogP contribution is 2.10. The summed E-state index contributed by atoms with van der Waals surface area (Å²) in [7, 11) is 0. The zero-order valence-corrected chi connectivity index (χ0v) is 12.8. The van der Waals surface area contributed by atoms with Crippen molar-refractivity contribution in [3.8, 4) is 0 Å². The maximum Gasteiger partial charge on any atom is 0.220 e. The van der Waals surface area contributed by atoms with Crippen LogP contribution in [0.2, 0.25) is 0 Å². The Labute approximate surface area is 118 Å². The Kier molecular flexibility index (Phi) is 13.0.